The Hall–Kier alpha value is -1.06. The summed E-state index contributed by atoms with van der Waals surface area (Å²) in [5.74, 6) is 0.402. The van der Waals surface area contributed by atoms with Gasteiger partial charge in [-0.1, -0.05) is 25.0 Å². The predicted molar refractivity (Wildman–Crippen MR) is 72.6 cm³/mol. The van der Waals surface area contributed by atoms with Crippen LogP contribution in [0.2, 0.25) is 0 Å². The molecule has 1 saturated carbocycles. The predicted octanol–water partition coefficient (Wildman–Crippen LogP) is 3.64. The van der Waals surface area contributed by atoms with Crippen LogP contribution in [0.4, 0.5) is 0 Å². The fourth-order valence-electron chi connectivity index (χ4n) is 2.62. The number of phenolic OH excluding ortho intramolecular Hbond substituents is 1. The highest BCUT2D eigenvalue weighted by atomic mass is 32.1. The molecule has 0 radical (unpaired) electrons. The van der Waals surface area contributed by atoms with Crippen molar-refractivity contribution in [3.05, 3.63) is 29.1 Å². The van der Waals surface area contributed by atoms with Gasteiger partial charge in [0.15, 0.2) is 0 Å². The molecule has 17 heavy (non-hydrogen) atoms. The molecule has 3 heteroatoms. The molecule has 0 saturated heterocycles. The van der Waals surface area contributed by atoms with E-state index in [1.165, 1.54) is 36.6 Å². The number of nitrogens with one attached hydrogen (secondary N) is 1. The third-order valence-electron chi connectivity index (χ3n) is 3.60. The Balaban J connectivity index is 1.78. The van der Waals surface area contributed by atoms with Crippen LogP contribution in [0, 0.1) is 0 Å². The minimum Gasteiger partial charge on any atom is -0.506 e. The van der Waals surface area contributed by atoms with Gasteiger partial charge in [0.25, 0.3) is 0 Å². The third-order valence-corrected chi connectivity index (χ3v) is 4.66. The Morgan fingerprint density at radius 1 is 1.29 bits per heavy atom. The van der Waals surface area contributed by atoms with Crippen molar-refractivity contribution in [2.75, 3.05) is 0 Å². The van der Waals surface area contributed by atoms with E-state index in [0.29, 0.717) is 11.8 Å². The highest BCUT2D eigenvalue weighted by Gasteiger charge is 2.15. The van der Waals surface area contributed by atoms with Crippen LogP contribution in [0.5, 0.6) is 5.75 Å². The van der Waals surface area contributed by atoms with Crippen molar-refractivity contribution in [3.8, 4) is 5.75 Å². The van der Waals surface area contributed by atoms with E-state index in [0.717, 1.165) is 11.2 Å². The molecule has 2 aromatic rings. The van der Waals surface area contributed by atoms with Crippen molar-refractivity contribution in [1.29, 1.82) is 0 Å². The topological polar surface area (TPSA) is 32.3 Å². The maximum Gasteiger partial charge on any atom is 0.133 e. The summed E-state index contributed by atoms with van der Waals surface area (Å²) in [6, 6.07) is 6.47. The first-order chi connectivity index (χ1) is 8.34. The van der Waals surface area contributed by atoms with Crippen molar-refractivity contribution in [1.82, 2.24) is 5.32 Å². The van der Waals surface area contributed by atoms with Crippen LogP contribution < -0.4 is 5.32 Å². The van der Waals surface area contributed by atoms with E-state index in [4.69, 9.17) is 0 Å². The molecular formula is C14H17NOS. The number of aromatic hydroxyl groups is 1. The second-order valence-corrected chi connectivity index (χ2v) is 5.66. The first-order valence-electron chi connectivity index (χ1n) is 6.26. The molecule has 1 heterocycles. The fourth-order valence-corrected chi connectivity index (χ4v) is 3.60. The first kappa shape index (κ1) is 11.1. The summed E-state index contributed by atoms with van der Waals surface area (Å²) in [7, 11) is 0. The van der Waals surface area contributed by atoms with E-state index < -0.39 is 0 Å². The van der Waals surface area contributed by atoms with Gasteiger partial charge in [0.1, 0.15) is 5.75 Å². The molecule has 1 aliphatic carbocycles. The summed E-state index contributed by atoms with van der Waals surface area (Å²) < 4.78 is 1.01. The van der Waals surface area contributed by atoms with Crippen LogP contribution in [0.3, 0.4) is 0 Å². The van der Waals surface area contributed by atoms with Crippen molar-refractivity contribution in [2.24, 2.45) is 0 Å². The number of fused-ring (bicyclic) bond motifs is 1. The van der Waals surface area contributed by atoms with E-state index in [1.807, 2.05) is 6.07 Å². The average Bonchev–Trinajstić information content (AvgIpc) is 2.95. The molecule has 2 nitrogen and oxygen atoms in total. The summed E-state index contributed by atoms with van der Waals surface area (Å²) in [5.41, 5.74) is 1.31. The molecule has 0 bridgehead atoms. The summed E-state index contributed by atoms with van der Waals surface area (Å²) in [6.45, 7) is 0.925. The van der Waals surface area contributed by atoms with Crippen LogP contribution in [-0.4, -0.2) is 11.1 Å². The van der Waals surface area contributed by atoms with Crippen LogP contribution in [0.15, 0.2) is 23.6 Å². The molecule has 90 valence electrons. The zero-order valence-electron chi connectivity index (χ0n) is 9.78. The van der Waals surface area contributed by atoms with Gasteiger partial charge in [-0.15, -0.1) is 11.3 Å². The number of hydrogen-bond donors (Lipinski definition) is 2. The normalized spacial score (nSPS) is 16.9. The summed E-state index contributed by atoms with van der Waals surface area (Å²) in [6.07, 6.45) is 5.35. The van der Waals surface area contributed by atoms with E-state index in [-0.39, 0.29) is 0 Å². The number of benzene rings is 1. The molecular weight excluding hydrogens is 230 g/mol. The van der Waals surface area contributed by atoms with Crippen molar-refractivity contribution < 1.29 is 5.11 Å². The molecule has 1 aromatic carbocycles. The smallest absolute Gasteiger partial charge is 0.133 e. The summed E-state index contributed by atoms with van der Waals surface area (Å²) >= 11 is 1.63. The number of thiophene rings is 1. The standard InChI is InChI=1S/C14H17NOS/c16-13-7-3-6-12-10(9-17-14(12)13)8-15-11-4-1-2-5-11/h3,6-7,9,11,15-16H,1-2,4-5,8H2. The molecule has 1 aromatic heterocycles. The molecule has 0 unspecified atom stereocenters. The van der Waals surface area contributed by atoms with Gasteiger partial charge in [-0.05, 0) is 29.9 Å². The van der Waals surface area contributed by atoms with Gasteiger partial charge in [-0.3, -0.25) is 0 Å². The zero-order valence-corrected chi connectivity index (χ0v) is 10.6. The molecule has 1 aliphatic rings. The zero-order chi connectivity index (χ0) is 11.7. The van der Waals surface area contributed by atoms with Gasteiger partial charge < -0.3 is 10.4 Å². The lowest BCUT2D eigenvalue weighted by Gasteiger charge is -2.10. The second kappa shape index (κ2) is 4.67. The minimum absolute atomic E-state index is 0.402. The number of rotatable bonds is 3. The SMILES string of the molecule is Oc1cccc2c(CNC3CCCC3)csc12. The maximum atomic E-state index is 9.75. The molecule has 0 amide bonds. The Morgan fingerprint density at radius 2 is 2.12 bits per heavy atom. The van der Waals surface area contributed by atoms with E-state index in [2.05, 4.69) is 16.8 Å². The molecule has 1 fully saturated rings. The van der Waals surface area contributed by atoms with Crippen molar-refractivity contribution in [3.63, 3.8) is 0 Å². The Kier molecular flexibility index (Phi) is 3.04. The van der Waals surface area contributed by atoms with Gasteiger partial charge in [0, 0.05) is 18.0 Å². The first-order valence-corrected chi connectivity index (χ1v) is 7.14. The minimum atomic E-state index is 0.402. The monoisotopic (exact) mass is 247 g/mol. The summed E-state index contributed by atoms with van der Waals surface area (Å²) in [5, 5.41) is 16.7. The highest BCUT2D eigenvalue weighted by molar-refractivity contribution is 7.17. The van der Waals surface area contributed by atoms with Crippen LogP contribution in [0.25, 0.3) is 10.1 Å². The quantitative estimate of drug-likeness (QED) is 0.868. The number of hydrogen-bond acceptors (Lipinski definition) is 3. The van der Waals surface area contributed by atoms with Crippen molar-refractivity contribution >= 4 is 21.4 Å². The van der Waals surface area contributed by atoms with Gasteiger partial charge in [-0.25, -0.2) is 0 Å². The lowest BCUT2D eigenvalue weighted by molar-refractivity contribution is 0.482. The van der Waals surface area contributed by atoms with Gasteiger partial charge in [0.2, 0.25) is 0 Å². The summed E-state index contributed by atoms with van der Waals surface area (Å²) in [4.78, 5) is 0. The highest BCUT2D eigenvalue weighted by Crippen LogP contribution is 2.33. The fraction of sp³-hybridized carbons (Fsp3) is 0.429. The number of phenols is 1. The second-order valence-electron chi connectivity index (χ2n) is 4.78. The van der Waals surface area contributed by atoms with E-state index in [1.54, 1.807) is 17.4 Å². The largest absolute Gasteiger partial charge is 0.506 e. The van der Waals surface area contributed by atoms with Gasteiger partial charge in [-0.2, -0.15) is 0 Å². The van der Waals surface area contributed by atoms with Crippen LogP contribution in [-0.2, 0) is 6.54 Å². The molecule has 2 N–H and O–H groups in total. The third kappa shape index (κ3) is 2.17. The molecule has 3 rings (SSSR count). The van der Waals surface area contributed by atoms with Gasteiger partial charge in [0.05, 0.1) is 4.70 Å². The van der Waals surface area contributed by atoms with E-state index >= 15 is 0 Å². The Bertz CT molecular complexity index is 514. The average molecular weight is 247 g/mol. The van der Waals surface area contributed by atoms with Gasteiger partial charge >= 0.3 is 0 Å². The van der Waals surface area contributed by atoms with Crippen LogP contribution >= 0.6 is 11.3 Å². The van der Waals surface area contributed by atoms with Crippen molar-refractivity contribution in [2.45, 2.75) is 38.3 Å². The van der Waals surface area contributed by atoms with Crippen LogP contribution in [0.1, 0.15) is 31.2 Å². The molecule has 0 spiro atoms. The Morgan fingerprint density at radius 3 is 2.94 bits per heavy atom. The lowest BCUT2D eigenvalue weighted by Crippen LogP contribution is -2.25. The molecule has 0 aliphatic heterocycles. The molecule has 0 atom stereocenters. The maximum absolute atomic E-state index is 9.75. The Labute approximate surface area is 105 Å². The lowest BCUT2D eigenvalue weighted by atomic mass is 10.1. The van der Waals surface area contributed by atoms with E-state index in [9.17, 15) is 5.11 Å².